The molecule has 5 heteroatoms. The maximum atomic E-state index is 6.06. The minimum absolute atomic E-state index is 0.0336. The van der Waals surface area contributed by atoms with Crippen LogP contribution < -0.4 is 5.32 Å². The first-order valence-electron chi connectivity index (χ1n) is 6.70. The van der Waals surface area contributed by atoms with Crippen LogP contribution in [0.2, 0.25) is 5.28 Å². The highest BCUT2D eigenvalue weighted by atomic mass is 35.5. The van der Waals surface area contributed by atoms with Crippen LogP contribution in [-0.2, 0) is 12.8 Å². The van der Waals surface area contributed by atoms with Gasteiger partial charge in [-0.3, -0.25) is 0 Å². The molecule has 1 aliphatic carbocycles. The van der Waals surface area contributed by atoms with E-state index in [-0.39, 0.29) is 5.54 Å². The molecule has 1 aliphatic rings. The van der Waals surface area contributed by atoms with Crippen molar-refractivity contribution in [2.45, 2.75) is 52.0 Å². The van der Waals surface area contributed by atoms with Crippen molar-refractivity contribution >= 4 is 39.0 Å². The van der Waals surface area contributed by atoms with Crippen molar-refractivity contribution in [3.05, 3.63) is 15.7 Å². The van der Waals surface area contributed by atoms with Gasteiger partial charge in [0.05, 0.1) is 5.39 Å². The van der Waals surface area contributed by atoms with Crippen molar-refractivity contribution in [3.8, 4) is 0 Å². The van der Waals surface area contributed by atoms with Gasteiger partial charge in [-0.05, 0) is 63.6 Å². The van der Waals surface area contributed by atoms with Gasteiger partial charge in [-0.1, -0.05) is 0 Å². The zero-order chi connectivity index (χ0) is 13.6. The van der Waals surface area contributed by atoms with Gasteiger partial charge in [-0.25, -0.2) is 9.97 Å². The number of aryl methyl sites for hydroxylation is 2. The lowest BCUT2D eigenvalue weighted by molar-refractivity contribution is 0.631. The van der Waals surface area contributed by atoms with E-state index in [9.17, 15) is 0 Å². The van der Waals surface area contributed by atoms with E-state index in [2.05, 4.69) is 36.1 Å². The van der Waals surface area contributed by atoms with Crippen LogP contribution in [0.3, 0.4) is 0 Å². The molecule has 0 bridgehead atoms. The topological polar surface area (TPSA) is 37.8 Å². The molecular formula is C14H18ClN3S. The Morgan fingerprint density at radius 3 is 2.63 bits per heavy atom. The van der Waals surface area contributed by atoms with Crippen LogP contribution in [0.4, 0.5) is 5.82 Å². The predicted molar refractivity (Wildman–Crippen MR) is 82.4 cm³/mol. The average Bonchev–Trinajstić information content (AvgIpc) is 2.64. The van der Waals surface area contributed by atoms with E-state index in [0.717, 1.165) is 17.1 Å². The van der Waals surface area contributed by atoms with Gasteiger partial charge < -0.3 is 5.32 Å². The largest absolute Gasteiger partial charge is 0.365 e. The number of rotatable bonds is 1. The molecule has 2 aromatic rings. The lowest BCUT2D eigenvalue weighted by atomic mass is 9.96. The molecule has 0 atom stereocenters. The lowest BCUT2D eigenvalue weighted by Gasteiger charge is -2.22. The Bertz CT molecular complexity index is 628. The first-order chi connectivity index (χ1) is 8.94. The number of hydrogen-bond donors (Lipinski definition) is 1. The summed E-state index contributed by atoms with van der Waals surface area (Å²) in [6, 6.07) is 0. The van der Waals surface area contributed by atoms with Crippen LogP contribution in [-0.4, -0.2) is 15.5 Å². The number of thiophene rings is 1. The molecule has 0 aliphatic heterocycles. The third-order valence-electron chi connectivity index (χ3n) is 3.28. The third kappa shape index (κ3) is 2.56. The van der Waals surface area contributed by atoms with Crippen LogP contribution in [0.15, 0.2) is 0 Å². The molecule has 0 saturated carbocycles. The minimum Gasteiger partial charge on any atom is -0.365 e. The van der Waals surface area contributed by atoms with Gasteiger partial charge in [0.15, 0.2) is 0 Å². The van der Waals surface area contributed by atoms with Crippen LogP contribution in [0.5, 0.6) is 0 Å². The summed E-state index contributed by atoms with van der Waals surface area (Å²) in [6.45, 7) is 6.40. The molecule has 3 rings (SSSR count). The molecule has 19 heavy (non-hydrogen) atoms. The summed E-state index contributed by atoms with van der Waals surface area (Å²) in [5.41, 5.74) is 1.41. The SMILES string of the molecule is CC(C)(C)Nc1nc(Cl)nc2sc3c(c12)CCCC3. The summed E-state index contributed by atoms with van der Waals surface area (Å²) in [6.07, 6.45) is 4.85. The number of anilines is 1. The molecular weight excluding hydrogens is 278 g/mol. The second-order valence-electron chi connectivity index (χ2n) is 6.11. The number of halogens is 1. The Balaban J connectivity index is 2.21. The average molecular weight is 296 g/mol. The van der Waals surface area contributed by atoms with Gasteiger partial charge in [0, 0.05) is 10.4 Å². The van der Waals surface area contributed by atoms with Gasteiger partial charge in [0.2, 0.25) is 5.28 Å². The van der Waals surface area contributed by atoms with E-state index in [4.69, 9.17) is 11.6 Å². The van der Waals surface area contributed by atoms with Gasteiger partial charge in [-0.2, -0.15) is 0 Å². The second kappa shape index (κ2) is 4.60. The Labute approximate surface area is 122 Å². The molecule has 0 saturated heterocycles. The Kier molecular flexibility index (Phi) is 3.18. The van der Waals surface area contributed by atoms with E-state index in [0.29, 0.717) is 5.28 Å². The van der Waals surface area contributed by atoms with Crippen molar-refractivity contribution in [2.24, 2.45) is 0 Å². The van der Waals surface area contributed by atoms with Gasteiger partial charge in [0.25, 0.3) is 0 Å². The number of fused-ring (bicyclic) bond motifs is 3. The summed E-state index contributed by atoms with van der Waals surface area (Å²) in [4.78, 5) is 11.3. The quantitative estimate of drug-likeness (QED) is 0.791. The second-order valence-corrected chi connectivity index (χ2v) is 7.53. The van der Waals surface area contributed by atoms with Gasteiger partial charge >= 0.3 is 0 Å². The van der Waals surface area contributed by atoms with E-state index in [1.54, 1.807) is 11.3 Å². The Hall–Kier alpha value is -0.870. The number of aromatic nitrogens is 2. The van der Waals surface area contributed by atoms with E-state index in [1.165, 1.54) is 35.1 Å². The normalized spacial score (nSPS) is 15.6. The van der Waals surface area contributed by atoms with Crippen molar-refractivity contribution in [1.82, 2.24) is 9.97 Å². The first-order valence-corrected chi connectivity index (χ1v) is 7.89. The minimum atomic E-state index is -0.0336. The molecule has 0 amide bonds. The fourth-order valence-electron chi connectivity index (χ4n) is 2.58. The predicted octanol–water partition coefficient (Wildman–Crippen LogP) is 4.43. The summed E-state index contributed by atoms with van der Waals surface area (Å²) >= 11 is 7.84. The van der Waals surface area contributed by atoms with Crippen molar-refractivity contribution < 1.29 is 0 Å². The summed E-state index contributed by atoms with van der Waals surface area (Å²) < 4.78 is 0. The van der Waals surface area contributed by atoms with Crippen LogP contribution >= 0.6 is 22.9 Å². The molecule has 1 N–H and O–H groups in total. The molecule has 3 nitrogen and oxygen atoms in total. The number of nitrogens with zero attached hydrogens (tertiary/aromatic N) is 2. The maximum Gasteiger partial charge on any atom is 0.225 e. The highest BCUT2D eigenvalue weighted by molar-refractivity contribution is 7.19. The van der Waals surface area contributed by atoms with Crippen molar-refractivity contribution in [1.29, 1.82) is 0 Å². The van der Waals surface area contributed by atoms with Crippen molar-refractivity contribution in [3.63, 3.8) is 0 Å². The van der Waals surface area contributed by atoms with E-state index < -0.39 is 0 Å². The van der Waals surface area contributed by atoms with Crippen LogP contribution in [0.25, 0.3) is 10.2 Å². The summed E-state index contributed by atoms with van der Waals surface area (Å²) in [5.74, 6) is 0.891. The maximum absolute atomic E-state index is 6.06. The Morgan fingerprint density at radius 1 is 1.16 bits per heavy atom. The molecule has 2 aromatic heterocycles. The summed E-state index contributed by atoms with van der Waals surface area (Å²) in [5, 5.41) is 5.00. The monoisotopic (exact) mass is 295 g/mol. The molecule has 0 aromatic carbocycles. The summed E-state index contributed by atoms with van der Waals surface area (Å²) in [7, 11) is 0. The molecule has 102 valence electrons. The number of hydrogen-bond acceptors (Lipinski definition) is 4. The molecule has 0 radical (unpaired) electrons. The Morgan fingerprint density at radius 2 is 1.89 bits per heavy atom. The zero-order valence-electron chi connectivity index (χ0n) is 11.5. The fourth-order valence-corrected chi connectivity index (χ4v) is 4.06. The highest BCUT2D eigenvalue weighted by Gasteiger charge is 2.22. The smallest absolute Gasteiger partial charge is 0.225 e. The lowest BCUT2D eigenvalue weighted by Crippen LogP contribution is -2.27. The van der Waals surface area contributed by atoms with Gasteiger partial charge in [-0.15, -0.1) is 11.3 Å². The van der Waals surface area contributed by atoms with E-state index in [1.807, 2.05) is 0 Å². The molecule has 0 fully saturated rings. The van der Waals surface area contributed by atoms with E-state index >= 15 is 0 Å². The standard InChI is InChI=1S/C14H18ClN3S/c1-14(2,3)18-11-10-8-6-4-5-7-9(8)19-12(10)17-13(15)16-11/h4-7H2,1-3H3,(H,16,17,18). The van der Waals surface area contributed by atoms with Crippen molar-refractivity contribution in [2.75, 3.05) is 5.32 Å². The number of nitrogens with one attached hydrogen (secondary N) is 1. The molecule has 0 unspecified atom stereocenters. The molecule has 0 spiro atoms. The van der Waals surface area contributed by atoms with Crippen LogP contribution in [0.1, 0.15) is 44.1 Å². The first kappa shape index (κ1) is 13.1. The third-order valence-corrected chi connectivity index (χ3v) is 4.64. The van der Waals surface area contributed by atoms with Gasteiger partial charge in [0.1, 0.15) is 10.6 Å². The highest BCUT2D eigenvalue weighted by Crippen LogP contribution is 2.39. The molecule has 2 heterocycles. The van der Waals surface area contributed by atoms with Crippen LogP contribution in [0, 0.1) is 0 Å². The fraction of sp³-hybridized carbons (Fsp3) is 0.571. The zero-order valence-corrected chi connectivity index (χ0v) is 13.1.